The molecule has 1 aromatic heterocycles. The quantitative estimate of drug-likeness (QED) is 0.181. The fraction of sp³-hybridized carbons (Fsp3) is 0.0811. The Kier molecular flexibility index (Phi) is 7.74. The molecule has 1 heterocycles. The van der Waals surface area contributed by atoms with Crippen LogP contribution in [0.5, 0.6) is 0 Å². The van der Waals surface area contributed by atoms with E-state index in [0.29, 0.717) is 16.8 Å². The van der Waals surface area contributed by atoms with E-state index in [1.807, 2.05) is 85.8 Å². The highest BCUT2D eigenvalue weighted by Crippen LogP contribution is 2.45. The van der Waals surface area contributed by atoms with Crippen LogP contribution in [-0.2, 0) is 16.2 Å². The lowest BCUT2D eigenvalue weighted by Gasteiger charge is -2.18. The number of aryl methyl sites for hydroxylation is 1. The summed E-state index contributed by atoms with van der Waals surface area (Å²) in [6.07, 6.45) is -0.787. The van der Waals surface area contributed by atoms with Crippen molar-refractivity contribution in [3.05, 3.63) is 167 Å². The van der Waals surface area contributed by atoms with Crippen molar-refractivity contribution in [3.8, 4) is 11.3 Å². The van der Waals surface area contributed by atoms with Gasteiger partial charge in [-0.25, -0.2) is 12.4 Å². The van der Waals surface area contributed by atoms with Crippen LogP contribution in [0.1, 0.15) is 33.7 Å². The van der Waals surface area contributed by atoms with Crippen LogP contribution in [0.25, 0.3) is 28.2 Å². The second-order valence-electron chi connectivity index (χ2n) is 10.6. The number of rotatable bonds is 7. The van der Waals surface area contributed by atoms with Gasteiger partial charge in [-0.05, 0) is 59.5 Å². The topological polar surface area (TPSA) is 39.1 Å². The summed E-state index contributed by atoms with van der Waals surface area (Å²) in [5.74, 6) is -0.591. The number of hydrogen-bond donors (Lipinski definition) is 0. The molecule has 0 saturated carbocycles. The lowest BCUT2D eigenvalue weighted by molar-refractivity contribution is -0.137. The summed E-state index contributed by atoms with van der Waals surface area (Å²) in [6.45, 7) is 1.86. The van der Waals surface area contributed by atoms with Crippen molar-refractivity contribution in [2.24, 2.45) is 0 Å². The largest absolute Gasteiger partial charge is 0.416 e. The number of aromatic nitrogens is 1. The number of hydrogen-bond acceptors (Lipinski definition) is 2. The van der Waals surface area contributed by atoms with E-state index in [0.717, 1.165) is 28.8 Å². The third kappa shape index (κ3) is 5.58. The van der Waals surface area contributed by atoms with E-state index in [4.69, 9.17) is 0 Å². The van der Waals surface area contributed by atoms with Crippen molar-refractivity contribution in [3.63, 3.8) is 0 Å². The summed E-state index contributed by atoms with van der Waals surface area (Å²) in [5, 5.41) is 0.209. The molecule has 0 saturated heterocycles. The van der Waals surface area contributed by atoms with Crippen LogP contribution >= 0.6 is 0 Å². The monoisotopic (exact) mass is 607 g/mol. The van der Waals surface area contributed by atoms with E-state index in [-0.39, 0.29) is 15.8 Å². The van der Waals surface area contributed by atoms with Crippen molar-refractivity contribution < 1.29 is 21.6 Å². The highest BCUT2D eigenvalue weighted by molar-refractivity contribution is 7.90. The maximum absolute atomic E-state index is 14.5. The summed E-state index contributed by atoms with van der Waals surface area (Å²) in [7, 11) is -4.26. The Morgan fingerprint density at radius 3 is 1.93 bits per heavy atom. The number of halogens is 3. The number of benzene rings is 5. The van der Waals surface area contributed by atoms with Crippen molar-refractivity contribution in [1.82, 2.24) is 3.97 Å². The highest BCUT2D eigenvalue weighted by atomic mass is 32.2. The molecular weight excluding hydrogens is 579 g/mol. The van der Waals surface area contributed by atoms with Gasteiger partial charge in [-0.15, -0.1) is 0 Å². The van der Waals surface area contributed by atoms with Crippen LogP contribution in [0.15, 0.2) is 144 Å². The van der Waals surface area contributed by atoms with E-state index in [9.17, 15) is 21.6 Å². The molecule has 6 rings (SSSR count). The molecule has 0 aliphatic heterocycles. The maximum atomic E-state index is 14.5. The van der Waals surface area contributed by atoms with Crippen molar-refractivity contribution in [2.45, 2.75) is 23.9 Å². The minimum absolute atomic E-state index is 0.0414. The zero-order chi connectivity index (χ0) is 30.9. The van der Waals surface area contributed by atoms with Crippen molar-refractivity contribution in [2.75, 3.05) is 0 Å². The molecule has 1 unspecified atom stereocenters. The molecule has 0 spiro atoms. The third-order valence-corrected chi connectivity index (χ3v) is 9.38. The first-order valence-corrected chi connectivity index (χ1v) is 15.5. The predicted octanol–water partition coefficient (Wildman–Crippen LogP) is 9.72. The van der Waals surface area contributed by atoms with Gasteiger partial charge in [0.15, 0.2) is 0 Å². The van der Waals surface area contributed by atoms with E-state index in [1.54, 1.807) is 36.4 Å². The van der Waals surface area contributed by atoms with Gasteiger partial charge in [0.1, 0.15) is 0 Å². The zero-order valence-corrected chi connectivity index (χ0v) is 24.6. The van der Waals surface area contributed by atoms with Gasteiger partial charge in [0.2, 0.25) is 0 Å². The molecule has 0 bridgehead atoms. The van der Waals surface area contributed by atoms with Crippen LogP contribution in [0.3, 0.4) is 0 Å². The molecule has 0 aliphatic carbocycles. The van der Waals surface area contributed by atoms with Crippen LogP contribution in [-0.4, -0.2) is 12.4 Å². The first-order valence-electron chi connectivity index (χ1n) is 14.1. The summed E-state index contributed by atoms with van der Waals surface area (Å²) in [6, 6.07) is 37.7. The van der Waals surface area contributed by atoms with Gasteiger partial charge in [-0.3, -0.25) is 0 Å². The van der Waals surface area contributed by atoms with Crippen LogP contribution in [0, 0.1) is 6.92 Å². The molecule has 220 valence electrons. The van der Waals surface area contributed by atoms with E-state index in [2.05, 4.69) is 0 Å². The van der Waals surface area contributed by atoms with E-state index in [1.165, 1.54) is 22.2 Å². The minimum Gasteiger partial charge on any atom is -0.233 e. The number of alkyl halides is 3. The standard InChI is InChI=1S/C37H28F3NO2S/c1-26-17-21-31(22-18-26)44(42,43)41-34-24-20-30(37(38,39)40)25-33(34)35(36(41)29-15-9-4-10-16-29)32(28-13-7-3-8-14-28)23-19-27-11-5-2-6-12-27/h2-25,32H,1H3/b23-19+. The SMILES string of the molecule is Cc1ccc(S(=O)(=O)n2c(-c3ccccc3)c(C(/C=C/c3ccccc3)c3ccccc3)c3cc(C(F)(F)F)ccc32)cc1. The van der Waals surface area contributed by atoms with E-state index >= 15 is 0 Å². The second kappa shape index (κ2) is 11.7. The molecule has 0 fully saturated rings. The normalized spacial score (nSPS) is 13.0. The van der Waals surface area contributed by atoms with Crippen LogP contribution in [0.4, 0.5) is 13.2 Å². The highest BCUT2D eigenvalue weighted by Gasteiger charge is 2.35. The van der Waals surface area contributed by atoms with Gasteiger partial charge in [-0.1, -0.05) is 121 Å². The fourth-order valence-corrected chi connectivity index (χ4v) is 7.07. The first kappa shape index (κ1) is 29.2. The fourth-order valence-electron chi connectivity index (χ4n) is 5.52. The maximum Gasteiger partial charge on any atom is 0.416 e. The smallest absolute Gasteiger partial charge is 0.233 e. The summed E-state index contributed by atoms with van der Waals surface area (Å²) in [5.41, 5.74) is 3.25. The Hall–Kier alpha value is -4.88. The lowest BCUT2D eigenvalue weighted by Crippen LogP contribution is -2.15. The van der Waals surface area contributed by atoms with Crippen molar-refractivity contribution in [1.29, 1.82) is 0 Å². The number of nitrogens with zero attached hydrogens (tertiary/aromatic N) is 1. The van der Waals surface area contributed by atoms with E-state index < -0.39 is 27.7 Å². The predicted molar refractivity (Wildman–Crippen MR) is 170 cm³/mol. The van der Waals surface area contributed by atoms with Gasteiger partial charge >= 0.3 is 6.18 Å². The van der Waals surface area contributed by atoms with Gasteiger partial charge in [0.25, 0.3) is 10.0 Å². The Labute approximate surface area is 254 Å². The Bertz CT molecular complexity index is 2050. The molecule has 5 aromatic carbocycles. The van der Waals surface area contributed by atoms with Gasteiger partial charge in [-0.2, -0.15) is 13.2 Å². The van der Waals surface area contributed by atoms with Crippen molar-refractivity contribution >= 4 is 27.0 Å². The summed E-state index contributed by atoms with van der Waals surface area (Å²) >= 11 is 0. The number of fused-ring (bicyclic) bond motifs is 1. The van der Waals surface area contributed by atoms with Gasteiger partial charge in [0.05, 0.1) is 21.7 Å². The molecule has 7 heteroatoms. The molecular formula is C37H28F3NO2S. The molecule has 0 radical (unpaired) electrons. The summed E-state index contributed by atoms with van der Waals surface area (Å²) in [4.78, 5) is 0.0414. The van der Waals surface area contributed by atoms with Gasteiger partial charge in [0, 0.05) is 11.3 Å². The number of allylic oxidation sites excluding steroid dienone is 1. The summed E-state index contributed by atoms with van der Waals surface area (Å²) < 4.78 is 72.7. The minimum atomic E-state index is -4.63. The molecule has 0 amide bonds. The molecule has 0 N–H and O–H groups in total. The zero-order valence-electron chi connectivity index (χ0n) is 23.7. The van der Waals surface area contributed by atoms with Crippen LogP contribution in [0.2, 0.25) is 0 Å². The molecule has 44 heavy (non-hydrogen) atoms. The molecule has 3 nitrogen and oxygen atoms in total. The molecule has 0 aliphatic rings. The average molecular weight is 608 g/mol. The first-order chi connectivity index (χ1) is 21.1. The Morgan fingerprint density at radius 1 is 0.727 bits per heavy atom. The Balaban J connectivity index is 1.76. The third-order valence-electron chi connectivity index (χ3n) is 7.65. The molecule has 6 aromatic rings. The average Bonchev–Trinajstić information content (AvgIpc) is 3.38. The second-order valence-corrected chi connectivity index (χ2v) is 12.4. The lowest BCUT2D eigenvalue weighted by atomic mass is 9.86. The molecule has 1 atom stereocenters. The Morgan fingerprint density at radius 2 is 1.32 bits per heavy atom. The van der Waals surface area contributed by atoms with Crippen LogP contribution < -0.4 is 0 Å². The van der Waals surface area contributed by atoms with Gasteiger partial charge < -0.3 is 0 Å².